The van der Waals surface area contributed by atoms with E-state index in [1.54, 1.807) is 25.4 Å². The van der Waals surface area contributed by atoms with Gasteiger partial charge in [-0.1, -0.05) is 6.07 Å². The first-order chi connectivity index (χ1) is 10.1. The van der Waals surface area contributed by atoms with Crippen molar-refractivity contribution in [3.63, 3.8) is 0 Å². The van der Waals surface area contributed by atoms with Crippen LogP contribution in [-0.4, -0.2) is 25.6 Å². The molecule has 6 nitrogen and oxygen atoms in total. The number of hydrogen-bond donors (Lipinski definition) is 1. The topological polar surface area (TPSA) is 85.1 Å². The van der Waals surface area contributed by atoms with Gasteiger partial charge in [-0.15, -0.1) is 11.3 Å². The number of aryl methyl sites for hydroxylation is 1. The summed E-state index contributed by atoms with van der Waals surface area (Å²) in [6.45, 7) is 1.99. The molecule has 0 fully saturated rings. The average molecular weight is 301 g/mol. The summed E-state index contributed by atoms with van der Waals surface area (Å²) in [5.74, 6) is -1.03. The van der Waals surface area contributed by atoms with Crippen LogP contribution in [0.25, 0.3) is 10.2 Å². The van der Waals surface area contributed by atoms with Gasteiger partial charge < -0.3 is 5.11 Å². The summed E-state index contributed by atoms with van der Waals surface area (Å²) in [4.78, 5) is 32.5. The second-order valence-electron chi connectivity index (χ2n) is 4.58. The molecule has 3 aromatic rings. The Kier molecular flexibility index (Phi) is 3.26. The lowest BCUT2D eigenvalue weighted by Gasteiger charge is -2.05. The highest BCUT2D eigenvalue weighted by Gasteiger charge is 2.18. The first-order valence-corrected chi connectivity index (χ1v) is 7.00. The molecule has 0 saturated heterocycles. The molecule has 0 aliphatic rings. The Morgan fingerprint density at radius 1 is 1.48 bits per heavy atom. The van der Waals surface area contributed by atoms with E-state index in [0.717, 1.165) is 16.9 Å². The van der Waals surface area contributed by atoms with Crippen LogP contribution in [0.15, 0.2) is 35.6 Å². The molecule has 1 N–H and O–H groups in total. The van der Waals surface area contributed by atoms with Gasteiger partial charge in [0.2, 0.25) is 0 Å². The zero-order chi connectivity index (χ0) is 15.0. The highest BCUT2D eigenvalue weighted by Crippen LogP contribution is 2.26. The standard InChI is InChI=1S/C14H11N3O3S/c1-8-10-12(21-11(8)14(19)20)16-7-17(13(10)18)6-9-3-2-4-15-5-9/h2-5,7H,6H2,1H3,(H,19,20). The minimum Gasteiger partial charge on any atom is -0.477 e. The van der Waals surface area contributed by atoms with Gasteiger partial charge in [0.05, 0.1) is 18.3 Å². The van der Waals surface area contributed by atoms with E-state index in [4.69, 9.17) is 5.11 Å². The van der Waals surface area contributed by atoms with Crippen molar-refractivity contribution < 1.29 is 9.90 Å². The first kappa shape index (κ1) is 13.4. The van der Waals surface area contributed by atoms with Gasteiger partial charge >= 0.3 is 5.97 Å². The molecule has 0 atom stereocenters. The normalized spacial score (nSPS) is 10.9. The Morgan fingerprint density at radius 3 is 2.95 bits per heavy atom. The quantitative estimate of drug-likeness (QED) is 0.798. The Hall–Kier alpha value is -2.54. The number of carboxylic acid groups (broad SMARTS) is 1. The summed E-state index contributed by atoms with van der Waals surface area (Å²) in [6, 6.07) is 3.66. The van der Waals surface area contributed by atoms with Gasteiger partial charge in [-0.25, -0.2) is 9.78 Å². The smallest absolute Gasteiger partial charge is 0.346 e. The van der Waals surface area contributed by atoms with Crippen LogP contribution in [0.5, 0.6) is 0 Å². The second-order valence-corrected chi connectivity index (χ2v) is 5.58. The Balaban J connectivity index is 2.14. The van der Waals surface area contributed by atoms with Crippen molar-refractivity contribution in [3.8, 4) is 0 Å². The molecule has 106 valence electrons. The number of aromatic nitrogens is 3. The van der Waals surface area contributed by atoms with Crippen LogP contribution in [-0.2, 0) is 6.54 Å². The van der Waals surface area contributed by atoms with Gasteiger partial charge in [0, 0.05) is 12.4 Å². The van der Waals surface area contributed by atoms with E-state index in [-0.39, 0.29) is 10.4 Å². The van der Waals surface area contributed by atoms with E-state index in [2.05, 4.69) is 9.97 Å². The third-order valence-electron chi connectivity index (χ3n) is 3.19. The zero-order valence-corrected chi connectivity index (χ0v) is 11.9. The predicted octanol–water partition coefficient (Wildman–Crippen LogP) is 1.91. The molecular weight excluding hydrogens is 290 g/mol. The number of fused-ring (bicyclic) bond motifs is 1. The largest absolute Gasteiger partial charge is 0.477 e. The molecule has 0 spiro atoms. The third kappa shape index (κ3) is 2.31. The summed E-state index contributed by atoms with van der Waals surface area (Å²) in [7, 11) is 0. The highest BCUT2D eigenvalue weighted by molar-refractivity contribution is 7.20. The predicted molar refractivity (Wildman–Crippen MR) is 78.9 cm³/mol. The van der Waals surface area contributed by atoms with Crippen LogP contribution in [0.3, 0.4) is 0 Å². The van der Waals surface area contributed by atoms with Gasteiger partial charge in [-0.05, 0) is 24.1 Å². The van der Waals surface area contributed by atoms with Gasteiger partial charge in [0.15, 0.2) is 0 Å². The minimum atomic E-state index is -1.03. The van der Waals surface area contributed by atoms with Crippen molar-refractivity contribution in [2.24, 2.45) is 0 Å². The van der Waals surface area contributed by atoms with Crippen LogP contribution in [0.2, 0.25) is 0 Å². The van der Waals surface area contributed by atoms with E-state index in [0.29, 0.717) is 22.3 Å². The number of carboxylic acids is 1. The van der Waals surface area contributed by atoms with Crippen molar-refractivity contribution in [2.75, 3.05) is 0 Å². The van der Waals surface area contributed by atoms with E-state index in [1.807, 2.05) is 6.07 Å². The van der Waals surface area contributed by atoms with Crippen LogP contribution in [0, 0.1) is 6.92 Å². The first-order valence-electron chi connectivity index (χ1n) is 6.18. The lowest BCUT2D eigenvalue weighted by atomic mass is 10.2. The van der Waals surface area contributed by atoms with Crippen LogP contribution < -0.4 is 5.56 Å². The number of thiophene rings is 1. The SMILES string of the molecule is Cc1c(C(=O)O)sc2ncn(Cc3cccnc3)c(=O)c12. The van der Waals surface area contributed by atoms with Crippen LogP contribution in [0.1, 0.15) is 20.8 Å². The number of hydrogen-bond acceptors (Lipinski definition) is 5. The summed E-state index contributed by atoms with van der Waals surface area (Å²) < 4.78 is 1.46. The summed E-state index contributed by atoms with van der Waals surface area (Å²) in [5, 5.41) is 9.51. The Bertz CT molecular complexity index is 884. The van der Waals surface area contributed by atoms with Crippen LogP contribution in [0.4, 0.5) is 0 Å². The van der Waals surface area contributed by atoms with Gasteiger partial charge in [-0.3, -0.25) is 14.3 Å². The van der Waals surface area contributed by atoms with E-state index in [9.17, 15) is 9.59 Å². The Morgan fingerprint density at radius 2 is 2.29 bits per heavy atom. The van der Waals surface area contributed by atoms with E-state index in [1.165, 1.54) is 10.9 Å². The second kappa shape index (κ2) is 5.10. The fourth-order valence-electron chi connectivity index (χ4n) is 2.16. The van der Waals surface area contributed by atoms with E-state index < -0.39 is 5.97 Å². The molecule has 21 heavy (non-hydrogen) atoms. The maximum absolute atomic E-state index is 12.5. The van der Waals surface area contributed by atoms with Gasteiger partial charge in [0.1, 0.15) is 9.71 Å². The molecule has 0 unspecified atom stereocenters. The molecule has 0 aromatic carbocycles. The van der Waals surface area contributed by atoms with Crippen molar-refractivity contribution in [1.29, 1.82) is 0 Å². The Labute approximate surface area is 123 Å². The lowest BCUT2D eigenvalue weighted by molar-refractivity contribution is 0.0701. The molecule has 0 bridgehead atoms. The number of nitrogens with zero attached hydrogens (tertiary/aromatic N) is 3. The minimum absolute atomic E-state index is 0.161. The summed E-state index contributed by atoms with van der Waals surface area (Å²) >= 11 is 1.02. The van der Waals surface area contributed by atoms with Crippen molar-refractivity contribution in [3.05, 3.63) is 57.2 Å². The third-order valence-corrected chi connectivity index (χ3v) is 4.38. The van der Waals surface area contributed by atoms with Gasteiger partial charge in [0.25, 0.3) is 5.56 Å². The number of aromatic carboxylic acids is 1. The fraction of sp³-hybridized carbons (Fsp3) is 0.143. The molecule has 3 rings (SSSR count). The van der Waals surface area contributed by atoms with Gasteiger partial charge in [-0.2, -0.15) is 0 Å². The fourth-order valence-corrected chi connectivity index (χ4v) is 3.14. The lowest BCUT2D eigenvalue weighted by Crippen LogP contribution is -2.21. The maximum atomic E-state index is 12.5. The van der Waals surface area contributed by atoms with Crippen molar-refractivity contribution in [2.45, 2.75) is 13.5 Å². The molecule has 0 amide bonds. The zero-order valence-electron chi connectivity index (χ0n) is 11.1. The van der Waals surface area contributed by atoms with Crippen molar-refractivity contribution in [1.82, 2.24) is 14.5 Å². The molecular formula is C14H11N3O3S. The van der Waals surface area contributed by atoms with Crippen molar-refractivity contribution >= 4 is 27.5 Å². The van der Waals surface area contributed by atoms with E-state index >= 15 is 0 Å². The average Bonchev–Trinajstić information content (AvgIpc) is 2.81. The molecule has 0 aliphatic heterocycles. The molecule has 0 radical (unpaired) electrons. The monoisotopic (exact) mass is 301 g/mol. The molecule has 3 heterocycles. The van der Waals surface area contributed by atoms with Crippen LogP contribution >= 0.6 is 11.3 Å². The molecule has 0 saturated carbocycles. The molecule has 7 heteroatoms. The highest BCUT2D eigenvalue weighted by atomic mass is 32.1. The molecule has 3 aromatic heterocycles. The molecule has 0 aliphatic carbocycles. The number of rotatable bonds is 3. The maximum Gasteiger partial charge on any atom is 0.346 e. The number of pyridine rings is 1. The summed E-state index contributed by atoms with van der Waals surface area (Å²) in [5.41, 5.74) is 1.12. The summed E-state index contributed by atoms with van der Waals surface area (Å²) in [6.07, 6.45) is 4.79. The number of carbonyl (C=O) groups is 1.